The summed E-state index contributed by atoms with van der Waals surface area (Å²) in [6.45, 7) is 7.28. The summed E-state index contributed by atoms with van der Waals surface area (Å²) in [5.74, 6) is 0.587. The van der Waals surface area contributed by atoms with E-state index >= 15 is 0 Å². The van der Waals surface area contributed by atoms with Crippen molar-refractivity contribution in [3.8, 4) is 5.75 Å². The van der Waals surface area contributed by atoms with E-state index in [9.17, 15) is 9.59 Å². The van der Waals surface area contributed by atoms with Gasteiger partial charge >= 0.3 is 5.69 Å². The number of carbonyl (C=O) groups excluding carboxylic acids is 1. The van der Waals surface area contributed by atoms with Crippen LogP contribution >= 0.6 is 0 Å². The van der Waals surface area contributed by atoms with E-state index < -0.39 is 0 Å². The number of hydrogen-bond acceptors (Lipinski definition) is 3. The lowest BCUT2D eigenvalue weighted by atomic mass is 10.1. The molecule has 0 fully saturated rings. The van der Waals surface area contributed by atoms with Crippen LogP contribution in [-0.2, 0) is 17.9 Å². The van der Waals surface area contributed by atoms with Gasteiger partial charge in [-0.05, 0) is 56.2 Å². The molecule has 0 atom stereocenters. The fourth-order valence-corrected chi connectivity index (χ4v) is 3.31. The highest BCUT2D eigenvalue weighted by Gasteiger charge is 2.14. The Kier molecular flexibility index (Phi) is 5.64. The fourth-order valence-electron chi connectivity index (χ4n) is 3.31. The van der Waals surface area contributed by atoms with Gasteiger partial charge in [0.25, 0.3) is 0 Å². The molecule has 142 valence electrons. The van der Waals surface area contributed by atoms with E-state index in [0.717, 1.165) is 27.9 Å². The summed E-state index contributed by atoms with van der Waals surface area (Å²) in [6.07, 6.45) is 0. The number of rotatable bonds is 7. The van der Waals surface area contributed by atoms with E-state index in [1.54, 1.807) is 4.57 Å². The van der Waals surface area contributed by atoms with Crippen LogP contribution in [0.4, 0.5) is 0 Å². The Hall–Kier alpha value is -3.02. The van der Waals surface area contributed by atoms with Crippen LogP contribution in [0.15, 0.2) is 47.3 Å². The first-order chi connectivity index (χ1) is 13.0. The van der Waals surface area contributed by atoms with Crippen molar-refractivity contribution in [2.24, 2.45) is 0 Å². The number of aryl methyl sites for hydroxylation is 3. The van der Waals surface area contributed by atoms with Crippen LogP contribution in [0.2, 0.25) is 0 Å². The van der Waals surface area contributed by atoms with E-state index in [1.807, 2.05) is 57.2 Å². The third-order valence-corrected chi connectivity index (χ3v) is 4.43. The normalized spacial score (nSPS) is 10.9. The molecule has 6 nitrogen and oxygen atoms in total. The molecule has 0 aliphatic heterocycles. The van der Waals surface area contributed by atoms with Crippen LogP contribution in [-0.4, -0.2) is 28.2 Å². The molecule has 1 amide bonds. The van der Waals surface area contributed by atoms with Gasteiger partial charge in [-0.25, -0.2) is 4.79 Å². The zero-order valence-electron chi connectivity index (χ0n) is 16.0. The Morgan fingerprint density at radius 1 is 1.04 bits per heavy atom. The number of nitrogens with one attached hydrogen (secondary N) is 1. The number of para-hydroxylation sites is 2. The Morgan fingerprint density at radius 3 is 2.30 bits per heavy atom. The fraction of sp³-hybridized carbons (Fsp3) is 0.333. The number of carbonyl (C=O) groups is 1. The topological polar surface area (TPSA) is 65.3 Å². The number of ether oxygens (including phenoxy) is 1. The van der Waals surface area contributed by atoms with Crippen molar-refractivity contribution in [2.75, 3.05) is 13.2 Å². The van der Waals surface area contributed by atoms with Crippen LogP contribution in [0.1, 0.15) is 18.1 Å². The standard InChI is InChI=1S/C21H25N3O3/c1-4-23-18-7-5-6-8-19(18)24(21(23)26)14-20(25)22-9-10-27-17-12-15(2)11-16(3)13-17/h5-8,11-13H,4,9-10,14H2,1-3H3,(H,22,25). The molecule has 0 saturated heterocycles. The zero-order chi connectivity index (χ0) is 19.4. The van der Waals surface area contributed by atoms with Crippen LogP contribution in [0, 0.1) is 13.8 Å². The molecule has 0 unspecified atom stereocenters. The minimum Gasteiger partial charge on any atom is -0.492 e. The lowest BCUT2D eigenvalue weighted by molar-refractivity contribution is -0.121. The third kappa shape index (κ3) is 4.22. The molecular weight excluding hydrogens is 342 g/mol. The Balaban J connectivity index is 1.59. The van der Waals surface area contributed by atoms with Crippen molar-refractivity contribution < 1.29 is 9.53 Å². The van der Waals surface area contributed by atoms with Crippen molar-refractivity contribution in [1.29, 1.82) is 0 Å². The summed E-state index contributed by atoms with van der Waals surface area (Å²) < 4.78 is 8.88. The van der Waals surface area contributed by atoms with Crippen molar-refractivity contribution in [2.45, 2.75) is 33.9 Å². The van der Waals surface area contributed by atoms with E-state index in [-0.39, 0.29) is 18.1 Å². The van der Waals surface area contributed by atoms with Crippen LogP contribution in [0.25, 0.3) is 11.0 Å². The van der Waals surface area contributed by atoms with Crippen molar-refractivity contribution in [3.63, 3.8) is 0 Å². The van der Waals surface area contributed by atoms with E-state index in [0.29, 0.717) is 19.7 Å². The molecule has 2 aromatic carbocycles. The number of amides is 1. The number of imidazole rings is 1. The van der Waals surface area contributed by atoms with Crippen molar-refractivity contribution >= 4 is 16.9 Å². The SMILES string of the molecule is CCn1c(=O)n(CC(=O)NCCOc2cc(C)cc(C)c2)c2ccccc21. The van der Waals surface area contributed by atoms with E-state index in [2.05, 4.69) is 11.4 Å². The van der Waals surface area contributed by atoms with Crippen molar-refractivity contribution in [3.05, 3.63) is 64.1 Å². The Labute approximate surface area is 158 Å². The predicted molar refractivity (Wildman–Crippen MR) is 106 cm³/mol. The molecule has 3 rings (SSSR count). The van der Waals surface area contributed by atoms with Crippen LogP contribution < -0.4 is 15.7 Å². The van der Waals surface area contributed by atoms with Gasteiger partial charge in [-0.1, -0.05) is 18.2 Å². The van der Waals surface area contributed by atoms with Gasteiger partial charge in [0, 0.05) is 6.54 Å². The van der Waals surface area contributed by atoms with Gasteiger partial charge in [0.15, 0.2) is 0 Å². The van der Waals surface area contributed by atoms with Gasteiger partial charge in [-0.3, -0.25) is 13.9 Å². The highest BCUT2D eigenvalue weighted by atomic mass is 16.5. The molecule has 0 aliphatic rings. The molecular formula is C21H25N3O3. The average molecular weight is 367 g/mol. The molecule has 0 spiro atoms. The molecule has 3 aromatic rings. The highest BCUT2D eigenvalue weighted by Crippen LogP contribution is 2.16. The first kappa shape index (κ1) is 18.8. The van der Waals surface area contributed by atoms with E-state index in [4.69, 9.17) is 4.74 Å². The maximum Gasteiger partial charge on any atom is 0.329 e. The summed E-state index contributed by atoms with van der Waals surface area (Å²) in [4.78, 5) is 24.8. The summed E-state index contributed by atoms with van der Waals surface area (Å²) in [5, 5.41) is 2.82. The lowest BCUT2D eigenvalue weighted by Crippen LogP contribution is -2.35. The first-order valence-corrected chi connectivity index (χ1v) is 9.15. The van der Waals surface area contributed by atoms with E-state index in [1.165, 1.54) is 4.57 Å². The number of fused-ring (bicyclic) bond motifs is 1. The van der Waals surface area contributed by atoms with Gasteiger partial charge in [-0.15, -0.1) is 0 Å². The van der Waals surface area contributed by atoms with Gasteiger partial charge in [0.1, 0.15) is 18.9 Å². The molecule has 0 radical (unpaired) electrons. The summed E-state index contributed by atoms with van der Waals surface area (Å²) in [5.41, 5.74) is 3.73. The second-order valence-electron chi connectivity index (χ2n) is 6.62. The lowest BCUT2D eigenvalue weighted by Gasteiger charge is -2.09. The minimum atomic E-state index is -0.208. The average Bonchev–Trinajstić information content (AvgIpc) is 2.89. The number of benzene rings is 2. The Morgan fingerprint density at radius 2 is 1.67 bits per heavy atom. The first-order valence-electron chi connectivity index (χ1n) is 9.15. The summed E-state index contributed by atoms with van der Waals surface area (Å²) >= 11 is 0. The molecule has 1 N–H and O–H groups in total. The molecule has 27 heavy (non-hydrogen) atoms. The van der Waals surface area contributed by atoms with Gasteiger partial charge < -0.3 is 10.1 Å². The number of hydrogen-bond donors (Lipinski definition) is 1. The maximum atomic E-state index is 12.6. The maximum absolute atomic E-state index is 12.6. The predicted octanol–water partition coefficient (Wildman–Crippen LogP) is 2.63. The number of nitrogens with zero attached hydrogens (tertiary/aromatic N) is 2. The van der Waals surface area contributed by atoms with Crippen molar-refractivity contribution in [1.82, 2.24) is 14.5 Å². The smallest absolute Gasteiger partial charge is 0.329 e. The third-order valence-electron chi connectivity index (χ3n) is 4.43. The molecule has 0 saturated carbocycles. The van der Waals surface area contributed by atoms with Crippen LogP contribution in [0.3, 0.4) is 0 Å². The minimum absolute atomic E-state index is 0.00407. The molecule has 1 heterocycles. The summed E-state index contributed by atoms with van der Waals surface area (Å²) in [7, 11) is 0. The summed E-state index contributed by atoms with van der Waals surface area (Å²) in [6, 6.07) is 13.5. The van der Waals surface area contributed by atoms with Crippen LogP contribution in [0.5, 0.6) is 5.75 Å². The number of aromatic nitrogens is 2. The van der Waals surface area contributed by atoms with Gasteiger partial charge in [0.2, 0.25) is 5.91 Å². The largest absolute Gasteiger partial charge is 0.492 e. The molecule has 1 aromatic heterocycles. The highest BCUT2D eigenvalue weighted by molar-refractivity contribution is 5.80. The molecule has 6 heteroatoms. The quantitative estimate of drug-likeness (QED) is 0.653. The monoisotopic (exact) mass is 367 g/mol. The molecule has 0 aliphatic carbocycles. The van der Waals surface area contributed by atoms with Gasteiger partial charge in [0.05, 0.1) is 17.6 Å². The van der Waals surface area contributed by atoms with Gasteiger partial charge in [-0.2, -0.15) is 0 Å². The Bertz CT molecular complexity index is 997. The second kappa shape index (κ2) is 8.12. The second-order valence-corrected chi connectivity index (χ2v) is 6.62. The molecule has 0 bridgehead atoms. The zero-order valence-corrected chi connectivity index (χ0v) is 16.0.